The number of nitrogens with one attached hydrogen (secondary N) is 1. The molecule has 0 bridgehead atoms. The van der Waals surface area contributed by atoms with Crippen molar-refractivity contribution < 1.29 is 0 Å². The molecule has 0 aliphatic carbocycles. The molecular weight excluding hydrogens is 283 g/mol. The predicted octanol–water partition coefficient (Wildman–Crippen LogP) is 2.78. The maximum absolute atomic E-state index is 6.19. The monoisotopic (exact) mass is 298 g/mol. The van der Waals surface area contributed by atoms with Crippen LogP contribution in [0.4, 0.5) is 0 Å². The Bertz CT molecular complexity index is 560. The minimum Gasteiger partial charge on any atom is -0.271 e. The van der Waals surface area contributed by atoms with Gasteiger partial charge in [0.25, 0.3) is 0 Å². The molecule has 102 valence electrons. The Morgan fingerprint density at radius 3 is 2.47 bits per heavy atom. The smallest absolute Gasteiger partial charge is 0.0670 e. The first-order valence-corrected chi connectivity index (χ1v) is 6.68. The van der Waals surface area contributed by atoms with Crippen LogP contribution in [-0.2, 0) is 13.5 Å². The number of hydrogen-bond donors (Lipinski definition) is 2. The number of nitrogens with zero attached hydrogens (tertiary/aromatic N) is 2. The van der Waals surface area contributed by atoms with Crippen LogP contribution in [0.1, 0.15) is 23.0 Å². The number of halogens is 2. The summed E-state index contributed by atoms with van der Waals surface area (Å²) >= 11 is 12.4. The Balaban J connectivity index is 2.32. The van der Waals surface area contributed by atoms with Crippen molar-refractivity contribution in [1.82, 2.24) is 15.2 Å². The van der Waals surface area contributed by atoms with E-state index in [1.54, 1.807) is 0 Å². The molecule has 2 aromatic rings. The third kappa shape index (κ3) is 3.09. The molecule has 19 heavy (non-hydrogen) atoms. The summed E-state index contributed by atoms with van der Waals surface area (Å²) < 4.78 is 1.81. The van der Waals surface area contributed by atoms with E-state index in [-0.39, 0.29) is 6.04 Å². The van der Waals surface area contributed by atoms with Crippen molar-refractivity contribution in [2.75, 3.05) is 0 Å². The summed E-state index contributed by atoms with van der Waals surface area (Å²) in [5.41, 5.74) is 5.62. The quantitative estimate of drug-likeness (QED) is 0.674. The number of rotatable bonds is 4. The van der Waals surface area contributed by atoms with Crippen LogP contribution in [0.25, 0.3) is 0 Å². The van der Waals surface area contributed by atoms with Crippen molar-refractivity contribution in [2.24, 2.45) is 12.9 Å². The third-order valence-electron chi connectivity index (χ3n) is 3.07. The highest BCUT2D eigenvalue weighted by atomic mass is 35.5. The number of nitrogens with two attached hydrogens (primary N) is 1. The first-order chi connectivity index (χ1) is 9.02. The molecule has 0 amide bonds. The minimum absolute atomic E-state index is 0.0939. The van der Waals surface area contributed by atoms with Crippen molar-refractivity contribution in [2.45, 2.75) is 19.4 Å². The van der Waals surface area contributed by atoms with E-state index in [0.29, 0.717) is 16.5 Å². The van der Waals surface area contributed by atoms with Crippen LogP contribution in [0.3, 0.4) is 0 Å². The van der Waals surface area contributed by atoms with Crippen molar-refractivity contribution in [3.8, 4) is 0 Å². The Kier molecular flexibility index (Phi) is 4.47. The van der Waals surface area contributed by atoms with Crippen LogP contribution in [0.15, 0.2) is 24.3 Å². The van der Waals surface area contributed by atoms with Gasteiger partial charge in [0.05, 0.1) is 17.4 Å². The van der Waals surface area contributed by atoms with Gasteiger partial charge < -0.3 is 0 Å². The van der Waals surface area contributed by atoms with E-state index in [9.17, 15) is 0 Å². The van der Waals surface area contributed by atoms with Gasteiger partial charge in [0.2, 0.25) is 0 Å². The Labute approximate surface area is 122 Å². The second kappa shape index (κ2) is 5.92. The van der Waals surface area contributed by atoms with Crippen LogP contribution >= 0.6 is 23.2 Å². The molecule has 1 atom stereocenters. The highest BCUT2D eigenvalue weighted by molar-refractivity contribution is 6.36. The highest BCUT2D eigenvalue weighted by Crippen LogP contribution is 2.29. The zero-order valence-electron chi connectivity index (χ0n) is 10.8. The maximum Gasteiger partial charge on any atom is 0.0670 e. The van der Waals surface area contributed by atoms with Crippen molar-refractivity contribution in [3.05, 3.63) is 51.3 Å². The van der Waals surface area contributed by atoms with Gasteiger partial charge in [-0.2, -0.15) is 5.10 Å². The SMILES string of the molecule is Cc1cc(C(Cc2c(Cl)cccc2Cl)NN)n(C)n1. The van der Waals surface area contributed by atoms with Crippen molar-refractivity contribution >= 4 is 23.2 Å². The zero-order chi connectivity index (χ0) is 14.0. The fourth-order valence-electron chi connectivity index (χ4n) is 2.14. The Hall–Kier alpha value is -1.07. The standard InChI is InChI=1S/C13H16Cl2N4/c1-8-6-13(19(2)18-8)12(17-16)7-9-10(14)4-3-5-11(9)15/h3-6,12,17H,7,16H2,1-2H3. The first-order valence-electron chi connectivity index (χ1n) is 5.92. The molecule has 0 aliphatic rings. The molecule has 0 spiro atoms. The zero-order valence-corrected chi connectivity index (χ0v) is 12.3. The van der Waals surface area contributed by atoms with E-state index >= 15 is 0 Å². The average Bonchev–Trinajstić information content (AvgIpc) is 2.68. The van der Waals surface area contributed by atoms with Gasteiger partial charge in [-0.15, -0.1) is 0 Å². The summed E-state index contributed by atoms with van der Waals surface area (Å²) in [4.78, 5) is 0. The molecule has 0 saturated carbocycles. The van der Waals surface area contributed by atoms with Gasteiger partial charge in [0, 0.05) is 17.1 Å². The summed E-state index contributed by atoms with van der Waals surface area (Å²) in [5.74, 6) is 5.65. The molecule has 4 nitrogen and oxygen atoms in total. The summed E-state index contributed by atoms with van der Waals surface area (Å²) in [6.07, 6.45) is 0.605. The molecule has 1 heterocycles. The third-order valence-corrected chi connectivity index (χ3v) is 3.77. The minimum atomic E-state index is -0.0939. The number of benzene rings is 1. The van der Waals surface area contributed by atoms with Crippen LogP contribution in [0.2, 0.25) is 10.0 Å². The fourth-order valence-corrected chi connectivity index (χ4v) is 2.69. The number of aryl methyl sites for hydroxylation is 2. The summed E-state index contributed by atoms with van der Waals surface area (Å²) in [5, 5.41) is 5.61. The summed E-state index contributed by atoms with van der Waals surface area (Å²) in [7, 11) is 1.89. The van der Waals surface area contributed by atoms with Crippen molar-refractivity contribution in [3.63, 3.8) is 0 Å². The van der Waals surface area contributed by atoms with E-state index in [1.807, 2.05) is 42.9 Å². The van der Waals surface area contributed by atoms with E-state index < -0.39 is 0 Å². The van der Waals surface area contributed by atoms with Crippen LogP contribution < -0.4 is 11.3 Å². The normalized spacial score (nSPS) is 12.7. The van der Waals surface area contributed by atoms with Gasteiger partial charge in [-0.3, -0.25) is 16.0 Å². The molecule has 1 unspecified atom stereocenters. The van der Waals surface area contributed by atoms with Crippen molar-refractivity contribution in [1.29, 1.82) is 0 Å². The molecule has 0 fully saturated rings. The van der Waals surface area contributed by atoms with Gasteiger partial charge >= 0.3 is 0 Å². The second-order valence-electron chi connectivity index (χ2n) is 4.46. The molecule has 3 N–H and O–H groups in total. The molecule has 0 saturated heterocycles. The molecule has 6 heteroatoms. The largest absolute Gasteiger partial charge is 0.271 e. The topological polar surface area (TPSA) is 55.9 Å². The lowest BCUT2D eigenvalue weighted by Gasteiger charge is -2.17. The van der Waals surface area contributed by atoms with E-state index in [2.05, 4.69) is 10.5 Å². The molecule has 0 radical (unpaired) electrons. The lowest BCUT2D eigenvalue weighted by molar-refractivity contribution is 0.508. The number of hydrazine groups is 1. The molecule has 2 rings (SSSR count). The average molecular weight is 299 g/mol. The van der Waals surface area contributed by atoms with Gasteiger partial charge in [-0.1, -0.05) is 29.3 Å². The summed E-state index contributed by atoms with van der Waals surface area (Å²) in [6, 6.07) is 7.38. The fraction of sp³-hybridized carbons (Fsp3) is 0.308. The maximum atomic E-state index is 6.19. The molecule has 0 aliphatic heterocycles. The van der Waals surface area contributed by atoms with E-state index in [0.717, 1.165) is 17.0 Å². The van der Waals surface area contributed by atoms with Crippen LogP contribution in [0.5, 0.6) is 0 Å². The van der Waals surface area contributed by atoms with Gasteiger partial charge in [-0.05, 0) is 37.1 Å². The van der Waals surface area contributed by atoms with Gasteiger partial charge in [-0.25, -0.2) is 0 Å². The summed E-state index contributed by atoms with van der Waals surface area (Å²) in [6.45, 7) is 1.94. The molecular formula is C13H16Cl2N4. The van der Waals surface area contributed by atoms with Crippen LogP contribution in [-0.4, -0.2) is 9.78 Å². The highest BCUT2D eigenvalue weighted by Gasteiger charge is 2.18. The van der Waals surface area contributed by atoms with E-state index in [4.69, 9.17) is 29.0 Å². The van der Waals surface area contributed by atoms with E-state index in [1.165, 1.54) is 0 Å². The number of aromatic nitrogens is 2. The Morgan fingerprint density at radius 1 is 1.37 bits per heavy atom. The predicted molar refractivity (Wildman–Crippen MR) is 78.2 cm³/mol. The molecule has 1 aromatic heterocycles. The Morgan fingerprint density at radius 2 is 2.00 bits per heavy atom. The van der Waals surface area contributed by atoms with Gasteiger partial charge in [0.1, 0.15) is 0 Å². The lowest BCUT2D eigenvalue weighted by Crippen LogP contribution is -2.31. The number of hydrogen-bond acceptors (Lipinski definition) is 3. The second-order valence-corrected chi connectivity index (χ2v) is 5.27. The molecule has 1 aromatic carbocycles. The van der Waals surface area contributed by atoms with Crippen LogP contribution in [0, 0.1) is 6.92 Å². The first kappa shape index (κ1) is 14.3. The van der Waals surface area contributed by atoms with Gasteiger partial charge in [0.15, 0.2) is 0 Å². The lowest BCUT2D eigenvalue weighted by atomic mass is 10.0.